The fourth-order valence-electron chi connectivity index (χ4n) is 4.23. The van der Waals surface area contributed by atoms with Gasteiger partial charge in [-0.05, 0) is 36.2 Å². The Bertz CT molecular complexity index is 760. The molecule has 0 aromatic heterocycles. The lowest BCUT2D eigenvalue weighted by Crippen LogP contribution is -2.33. The summed E-state index contributed by atoms with van der Waals surface area (Å²) < 4.78 is 11.3. The molecule has 196 valence electrons. The molecule has 3 rings (SSSR count). The summed E-state index contributed by atoms with van der Waals surface area (Å²) in [5.41, 5.74) is 14.2. The standard InChI is InChI=1S/C20H35NO.C10H14N2O/c1-2-3-4-5-6-7-8-9-10-11-12-15-18-22-20-17-14-13-16-19(20)21;11-9-3-1-8(2-4-9)10-7-12-5-6-13-10/h13-14,16-17H,2-12,15,18,21H2,1H3;1-4,10,12H,5-7,11H2. The van der Waals surface area contributed by atoms with Gasteiger partial charge in [-0.15, -0.1) is 0 Å². The maximum Gasteiger partial charge on any atom is 0.142 e. The van der Waals surface area contributed by atoms with Crippen molar-refractivity contribution in [3.63, 3.8) is 0 Å². The van der Waals surface area contributed by atoms with Gasteiger partial charge in [0.25, 0.3) is 0 Å². The monoisotopic (exact) mass is 483 g/mol. The first-order chi connectivity index (χ1) is 17.2. The predicted molar refractivity (Wildman–Crippen MR) is 150 cm³/mol. The summed E-state index contributed by atoms with van der Waals surface area (Å²) in [5, 5.41) is 3.29. The Morgan fingerprint density at radius 1 is 0.800 bits per heavy atom. The number of nitrogens with two attached hydrogens (primary N) is 2. The Morgan fingerprint density at radius 2 is 1.40 bits per heavy atom. The second kappa shape index (κ2) is 19.0. The molecule has 1 atom stereocenters. The van der Waals surface area contributed by atoms with E-state index in [1.165, 1.54) is 76.2 Å². The highest BCUT2D eigenvalue weighted by molar-refractivity contribution is 5.51. The summed E-state index contributed by atoms with van der Waals surface area (Å²) in [5.74, 6) is 0.825. The van der Waals surface area contributed by atoms with Gasteiger partial charge in [-0.3, -0.25) is 0 Å². The first-order valence-electron chi connectivity index (χ1n) is 13.9. The number of ether oxygens (including phenoxy) is 2. The zero-order valence-corrected chi connectivity index (χ0v) is 22.0. The molecule has 0 amide bonds. The molecule has 0 spiro atoms. The van der Waals surface area contributed by atoms with E-state index in [-0.39, 0.29) is 6.10 Å². The van der Waals surface area contributed by atoms with E-state index in [9.17, 15) is 0 Å². The minimum atomic E-state index is 0.189. The molecule has 0 saturated carbocycles. The third kappa shape index (κ3) is 13.4. The minimum absolute atomic E-state index is 0.189. The largest absolute Gasteiger partial charge is 0.491 e. The van der Waals surface area contributed by atoms with Crippen molar-refractivity contribution in [2.24, 2.45) is 0 Å². The summed E-state index contributed by atoms with van der Waals surface area (Å²) >= 11 is 0. The number of benzene rings is 2. The van der Waals surface area contributed by atoms with Crippen LogP contribution in [0.1, 0.15) is 95.6 Å². The summed E-state index contributed by atoms with van der Waals surface area (Å²) in [6.07, 6.45) is 16.6. The Morgan fingerprint density at radius 3 is 1.97 bits per heavy atom. The van der Waals surface area contributed by atoms with E-state index in [0.29, 0.717) is 0 Å². The number of nitrogen functional groups attached to an aromatic ring is 2. The molecule has 2 aromatic carbocycles. The van der Waals surface area contributed by atoms with Crippen LogP contribution in [0.15, 0.2) is 48.5 Å². The molecule has 0 bridgehead atoms. The quantitative estimate of drug-likeness (QED) is 0.183. The molecular weight excluding hydrogens is 434 g/mol. The van der Waals surface area contributed by atoms with Gasteiger partial charge >= 0.3 is 0 Å². The summed E-state index contributed by atoms with van der Waals surface area (Å²) in [6.45, 7) is 5.69. The zero-order chi connectivity index (χ0) is 25.0. The molecule has 1 saturated heterocycles. The number of unbranched alkanes of at least 4 members (excludes halogenated alkanes) is 11. The molecule has 35 heavy (non-hydrogen) atoms. The number of anilines is 2. The number of nitrogens with one attached hydrogen (secondary N) is 1. The molecule has 5 nitrogen and oxygen atoms in total. The van der Waals surface area contributed by atoms with Crippen molar-refractivity contribution >= 4 is 11.4 Å². The van der Waals surface area contributed by atoms with Crippen molar-refractivity contribution in [1.29, 1.82) is 0 Å². The topological polar surface area (TPSA) is 82.5 Å². The lowest BCUT2D eigenvalue weighted by Gasteiger charge is -2.23. The van der Waals surface area contributed by atoms with Gasteiger partial charge in [-0.2, -0.15) is 0 Å². The zero-order valence-electron chi connectivity index (χ0n) is 22.0. The normalized spacial score (nSPS) is 15.3. The van der Waals surface area contributed by atoms with Crippen molar-refractivity contribution in [2.45, 2.75) is 90.1 Å². The number of hydrogen-bond donors (Lipinski definition) is 3. The number of rotatable bonds is 15. The van der Waals surface area contributed by atoms with Gasteiger partial charge in [0.15, 0.2) is 0 Å². The van der Waals surface area contributed by atoms with Gasteiger partial charge in [-0.25, -0.2) is 0 Å². The lowest BCUT2D eigenvalue weighted by atomic mass is 10.1. The Hall–Kier alpha value is -2.24. The predicted octanol–water partition coefficient (Wildman–Crippen LogP) is 7.28. The average Bonchev–Trinajstić information content (AvgIpc) is 2.89. The van der Waals surface area contributed by atoms with Crippen LogP contribution in [0.5, 0.6) is 5.75 Å². The van der Waals surface area contributed by atoms with E-state index >= 15 is 0 Å². The highest BCUT2D eigenvalue weighted by Gasteiger charge is 2.14. The van der Waals surface area contributed by atoms with Crippen LogP contribution in [0.3, 0.4) is 0 Å². The van der Waals surface area contributed by atoms with Crippen LogP contribution in [0.25, 0.3) is 0 Å². The van der Waals surface area contributed by atoms with Crippen LogP contribution in [-0.4, -0.2) is 26.3 Å². The fraction of sp³-hybridized carbons (Fsp3) is 0.600. The Balaban J connectivity index is 0.000000279. The summed E-state index contributed by atoms with van der Waals surface area (Å²) in [4.78, 5) is 0. The third-order valence-electron chi connectivity index (χ3n) is 6.41. The van der Waals surface area contributed by atoms with Gasteiger partial charge in [-0.1, -0.05) is 102 Å². The molecule has 0 radical (unpaired) electrons. The molecule has 0 aliphatic carbocycles. The van der Waals surface area contributed by atoms with Crippen molar-refractivity contribution < 1.29 is 9.47 Å². The van der Waals surface area contributed by atoms with Crippen LogP contribution in [0.2, 0.25) is 0 Å². The van der Waals surface area contributed by atoms with Crippen LogP contribution in [0, 0.1) is 0 Å². The van der Waals surface area contributed by atoms with Gasteiger partial charge in [0.2, 0.25) is 0 Å². The fourth-order valence-corrected chi connectivity index (χ4v) is 4.23. The molecule has 1 unspecified atom stereocenters. The number of para-hydroxylation sites is 2. The maximum absolute atomic E-state index is 5.84. The van der Waals surface area contributed by atoms with Crippen molar-refractivity contribution in [1.82, 2.24) is 5.32 Å². The smallest absolute Gasteiger partial charge is 0.142 e. The summed E-state index contributed by atoms with van der Waals surface area (Å²) in [6, 6.07) is 15.6. The summed E-state index contributed by atoms with van der Waals surface area (Å²) in [7, 11) is 0. The van der Waals surface area contributed by atoms with E-state index in [1.54, 1.807) is 0 Å². The minimum Gasteiger partial charge on any atom is -0.491 e. The first kappa shape index (κ1) is 29.0. The van der Waals surface area contributed by atoms with Crippen LogP contribution >= 0.6 is 0 Å². The van der Waals surface area contributed by atoms with Crippen molar-refractivity contribution in [3.8, 4) is 5.75 Å². The molecule has 2 aromatic rings. The molecule has 5 N–H and O–H groups in total. The Kier molecular flexibility index (Phi) is 15.7. The van der Waals surface area contributed by atoms with Crippen molar-refractivity contribution in [2.75, 3.05) is 37.8 Å². The average molecular weight is 484 g/mol. The van der Waals surface area contributed by atoms with E-state index in [4.69, 9.17) is 20.9 Å². The third-order valence-corrected chi connectivity index (χ3v) is 6.41. The highest BCUT2D eigenvalue weighted by Crippen LogP contribution is 2.21. The van der Waals surface area contributed by atoms with Gasteiger partial charge in [0.05, 0.1) is 25.0 Å². The van der Waals surface area contributed by atoms with Crippen LogP contribution in [-0.2, 0) is 4.74 Å². The second-order valence-corrected chi connectivity index (χ2v) is 9.51. The van der Waals surface area contributed by atoms with Gasteiger partial charge in [0.1, 0.15) is 5.75 Å². The molecule has 1 aliphatic heterocycles. The highest BCUT2D eigenvalue weighted by atomic mass is 16.5. The molecular formula is C30H49N3O2. The molecule has 1 aliphatic rings. The molecule has 1 heterocycles. The number of morpholine rings is 1. The first-order valence-corrected chi connectivity index (χ1v) is 13.9. The number of hydrogen-bond acceptors (Lipinski definition) is 5. The Labute approximate surface area is 214 Å². The van der Waals surface area contributed by atoms with E-state index in [0.717, 1.165) is 49.8 Å². The van der Waals surface area contributed by atoms with Crippen LogP contribution in [0.4, 0.5) is 11.4 Å². The molecule has 5 heteroatoms. The van der Waals surface area contributed by atoms with Crippen molar-refractivity contribution in [3.05, 3.63) is 54.1 Å². The lowest BCUT2D eigenvalue weighted by molar-refractivity contribution is 0.0277. The molecule has 1 fully saturated rings. The van der Waals surface area contributed by atoms with Gasteiger partial charge < -0.3 is 26.3 Å². The van der Waals surface area contributed by atoms with E-state index < -0.39 is 0 Å². The van der Waals surface area contributed by atoms with E-state index in [2.05, 4.69) is 12.2 Å². The maximum atomic E-state index is 5.84. The second-order valence-electron chi connectivity index (χ2n) is 9.51. The SMILES string of the molecule is CCCCCCCCCCCCCCOc1ccccc1N.Nc1ccc(C2CNCCO2)cc1. The van der Waals surface area contributed by atoms with Gasteiger partial charge in [0, 0.05) is 18.8 Å². The van der Waals surface area contributed by atoms with Crippen LogP contribution < -0.4 is 21.5 Å². The van der Waals surface area contributed by atoms with E-state index in [1.807, 2.05) is 48.5 Å².